The minimum absolute atomic E-state index is 0.145. The first-order valence-corrected chi connectivity index (χ1v) is 8.29. The lowest BCUT2D eigenvalue weighted by atomic mass is 9.97. The standard InChI is InChI=1S/C18H20F3N3O3/c1-11(13-4-3-5-15(8-13)27-10-18(19,20)21)23-17(26)14-6-7-22-16(9-14)24-12(2)25/h5-9,11H,3-4,10H2,1-2H3,(H,23,26)(H,22,24,25). The van der Waals surface area contributed by atoms with Crippen LogP contribution in [0, 0.1) is 0 Å². The van der Waals surface area contributed by atoms with Gasteiger partial charge in [0.15, 0.2) is 6.61 Å². The molecule has 0 fully saturated rings. The number of anilines is 1. The van der Waals surface area contributed by atoms with Gasteiger partial charge in [-0.2, -0.15) is 13.2 Å². The van der Waals surface area contributed by atoms with Crippen LogP contribution < -0.4 is 10.6 Å². The number of rotatable bonds is 6. The fourth-order valence-electron chi connectivity index (χ4n) is 2.50. The van der Waals surface area contributed by atoms with Crippen LogP contribution in [0.5, 0.6) is 0 Å². The second-order valence-corrected chi connectivity index (χ2v) is 6.07. The van der Waals surface area contributed by atoms with E-state index in [1.54, 1.807) is 13.0 Å². The van der Waals surface area contributed by atoms with Crippen LogP contribution in [-0.4, -0.2) is 35.6 Å². The number of alkyl halides is 3. The number of hydrogen-bond acceptors (Lipinski definition) is 4. The van der Waals surface area contributed by atoms with Crippen molar-refractivity contribution in [1.82, 2.24) is 10.3 Å². The molecule has 0 saturated heterocycles. The molecular weight excluding hydrogens is 363 g/mol. The average molecular weight is 383 g/mol. The highest BCUT2D eigenvalue weighted by molar-refractivity contribution is 5.96. The van der Waals surface area contributed by atoms with Crippen molar-refractivity contribution in [2.75, 3.05) is 11.9 Å². The molecule has 0 aromatic carbocycles. The Kier molecular flexibility index (Phi) is 6.59. The van der Waals surface area contributed by atoms with E-state index < -0.39 is 18.8 Å². The Balaban J connectivity index is 2.00. The van der Waals surface area contributed by atoms with E-state index in [0.29, 0.717) is 18.4 Å². The third-order valence-corrected chi connectivity index (χ3v) is 3.74. The molecule has 1 atom stereocenters. The van der Waals surface area contributed by atoms with Gasteiger partial charge in [0.05, 0.1) is 0 Å². The van der Waals surface area contributed by atoms with Crippen molar-refractivity contribution in [3.63, 3.8) is 0 Å². The van der Waals surface area contributed by atoms with E-state index in [0.717, 1.165) is 5.57 Å². The fourth-order valence-corrected chi connectivity index (χ4v) is 2.50. The zero-order chi connectivity index (χ0) is 20.0. The number of nitrogens with one attached hydrogen (secondary N) is 2. The average Bonchev–Trinajstić information content (AvgIpc) is 2.59. The molecule has 27 heavy (non-hydrogen) atoms. The molecule has 1 aromatic rings. The van der Waals surface area contributed by atoms with Crippen molar-refractivity contribution >= 4 is 17.6 Å². The molecule has 146 valence electrons. The normalized spacial score (nSPS) is 15.3. The van der Waals surface area contributed by atoms with Crippen LogP contribution >= 0.6 is 0 Å². The number of aromatic nitrogens is 1. The maximum absolute atomic E-state index is 12.4. The quantitative estimate of drug-likeness (QED) is 0.790. The van der Waals surface area contributed by atoms with Crippen LogP contribution in [-0.2, 0) is 9.53 Å². The summed E-state index contributed by atoms with van der Waals surface area (Å²) in [5.41, 5.74) is 1.07. The summed E-state index contributed by atoms with van der Waals surface area (Å²) >= 11 is 0. The van der Waals surface area contributed by atoms with Crippen LogP contribution in [0.15, 0.2) is 41.8 Å². The van der Waals surface area contributed by atoms with Crippen LogP contribution in [0.1, 0.15) is 37.0 Å². The highest BCUT2D eigenvalue weighted by Crippen LogP contribution is 2.24. The maximum atomic E-state index is 12.4. The Bertz CT molecular complexity index is 773. The van der Waals surface area contributed by atoms with Crippen LogP contribution in [0.4, 0.5) is 19.0 Å². The molecule has 1 aromatic heterocycles. The van der Waals surface area contributed by atoms with E-state index in [-0.39, 0.29) is 23.4 Å². The van der Waals surface area contributed by atoms with E-state index in [9.17, 15) is 22.8 Å². The molecule has 9 heteroatoms. The molecule has 1 unspecified atom stereocenters. The highest BCUT2D eigenvalue weighted by atomic mass is 19.4. The Morgan fingerprint density at radius 1 is 1.37 bits per heavy atom. The number of nitrogens with zero attached hydrogens (tertiary/aromatic N) is 1. The first-order valence-electron chi connectivity index (χ1n) is 8.29. The molecule has 2 amide bonds. The Morgan fingerprint density at radius 3 is 2.78 bits per heavy atom. The van der Waals surface area contributed by atoms with Gasteiger partial charge in [-0.3, -0.25) is 9.59 Å². The summed E-state index contributed by atoms with van der Waals surface area (Å²) in [6.07, 6.45) is 1.24. The summed E-state index contributed by atoms with van der Waals surface area (Å²) in [4.78, 5) is 27.4. The first-order chi connectivity index (χ1) is 12.6. The number of allylic oxidation sites excluding steroid dienone is 2. The van der Waals surface area contributed by atoms with Crippen molar-refractivity contribution in [3.8, 4) is 0 Å². The van der Waals surface area contributed by atoms with Gasteiger partial charge in [0.25, 0.3) is 5.91 Å². The van der Waals surface area contributed by atoms with Crippen LogP contribution in [0.2, 0.25) is 0 Å². The molecular formula is C18H20F3N3O3. The minimum atomic E-state index is -4.40. The summed E-state index contributed by atoms with van der Waals surface area (Å²) in [6.45, 7) is 1.72. The predicted octanol–water partition coefficient (Wildman–Crippen LogP) is 3.34. The van der Waals surface area contributed by atoms with E-state index in [2.05, 4.69) is 15.6 Å². The summed E-state index contributed by atoms with van der Waals surface area (Å²) < 4.78 is 41.6. The molecule has 1 heterocycles. The first kappa shape index (κ1) is 20.5. The summed E-state index contributed by atoms with van der Waals surface area (Å²) in [7, 11) is 0. The largest absolute Gasteiger partial charge is 0.484 e. The highest BCUT2D eigenvalue weighted by Gasteiger charge is 2.29. The predicted molar refractivity (Wildman–Crippen MR) is 92.9 cm³/mol. The topological polar surface area (TPSA) is 80.3 Å². The van der Waals surface area contributed by atoms with E-state index >= 15 is 0 Å². The van der Waals surface area contributed by atoms with Gasteiger partial charge in [0.1, 0.15) is 11.6 Å². The van der Waals surface area contributed by atoms with Crippen LogP contribution in [0.25, 0.3) is 0 Å². The summed E-state index contributed by atoms with van der Waals surface area (Å²) in [6, 6.07) is 2.55. The molecule has 0 spiro atoms. The molecule has 2 N–H and O–H groups in total. The van der Waals surface area contributed by atoms with Gasteiger partial charge in [-0.05, 0) is 49.6 Å². The van der Waals surface area contributed by atoms with Crippen molar-refractivity contribution in [2.24, 2.45) is 0 Å². The molecule has 1 aliphatic rings. The van der Waals surface area contributed by atoms with E-state index in [1.807, 2.05) is 0 Å². The van der Waals surface area contributed by atoms with Crippen LogP contribution in [0.3, 0.4) is 0 Å². The monoisotopic (exact) mass is 383 g/mol. The number of ether oxygens (including phenoxy) is 1. The third-order valence-electron chi connectivity index (χ3n) is 3.74. The van der Waals surface area contributed by atoms with Gasteiger partial charge in [0, 0.05) is 24.7 Å². The van der Waals surface area contributed by atoms with E-state index in [4.69, 9.17) is 4.74 Å². The number of halogens is 3. The SMILES string of the molecule is CC(=O)Nc1cc(C(=O)NC(C)C2=CC(OCC(F)(F)F)=CCC2)ccn1. The van der Waals surface area contributed by atoms with Crippen molar-refractivity contribution in [1.29, 1.82) is 0 Å². The molecule has 0 bridgehead atoms. The lowest BCUT2D eigenvalue weighted by Crippen LogP contribution is -2.34. The third kappa shape index (κ3) is 6.76. The van der Waals surface area contributed by atoms with Crippen molar-refractivity contribution in [3.05, 3.63) is 47.4 Å². The van der Waals surface area contributed by atoms with Gasteiger partial charge in [-0.25, -0.2) is 4.98 Å². The molecule has 0 saturated carbocycles. The van der Waals surface area contributed by atoms with Gasteiger partial charge in [0.2, 0.25) is 5.91 Å². The molecule has 0 radical (unpaired) electrons. The smallest absolute Gasteiger partial charge is 0.422 e. The number of carbonyl (C=O) groups is 2. The van der Waals surface area contributed by atoms with E-state index in [1.165, 1.54) is 31.3 Å². The minimum Gasteiger partial charge on any atom is -0.484 e. The Hall–Kier alpha value is -2.84. The zero-order valence-electron chi connectivity index (χ0n) is 14.9. The molecule has 2 rings (SSSR count). The summed E-state index contributed by atoms with van der Waals surface area (Å²) in [5, 5.41) is 5.28. The summed E-state index contributed by atoms with van der Waals surface area (Å²) in [5.74, 6) is -0.291. The fraction of sp³-hybridized carbons (Fsp3) is 0.389. The number of carbonyl (C=O) groups excluding carboxylic acids is 2. The second-order valence-electron chi connectivity index (χ2n) is 6.07. The number of amides is 2. The van der Waals surface area contributed by atoms with Gasteiger partial charge >= 0.3 is 6.18 Å². The van der Waals surface area contributed by atoms with Crippen molar-refractivity contribution < 1.29 is 27.5 Å². The Morgan fingerprint density at radius 2 is 2.11 bits per heavy atom. The van der Waals surface area contributed by atoms with Crippen molar-refractivity contribution in [2.45, 2.75) is 38.9 Å². The number of hydrogen-bond donors (Lipinski definition) is 2. The lowest BCUT2D eigenvalue weighted by Gasteiger charge is -2.21. The lowest BCUT2D eigenvalue weighted by molar-refractivity contribution is -0.163. The Labute approximate surface area is 154 Å². The molecule has 6 nitrogen and oxygen atoms in total. The molecule has 0 aliphatic heterocycles. The number of pyridine rings is 1. The van der Waals surface area contributed by atoms with Gasteiger partial charge in [-0.15, -0.1) is 0 Å². The maximum Gasteiger partial charge on any atom is 0.422 e. The molecule has 1 aliphatic carbocycles. The van der Waals surface area contributed by atoms with Gasteiger partial charge in [-0.1, -0.05) is 0 Å². The zero-order valence-corrected chi connectivity index (χ0v) is 14.9. The second kappa shape index (κ2) is 8.70. The van der Waals surface area contributed by atoms with Gasteiger partial charge < -0.3 is 15.4 Å².